The lowest BCUT2D eigenvalue weighted by Crippen LogP contribution is -2.11. The summed E-state index contributed by atoms with van der Waals surface area (Å²) >= 11 is 0. The highest BCUT2D eigenvalue weighted by Gasteiger charge is 2.17. The van der Waals surface area contributed by atoms with Crippen LogP contribution >= 0.6 is 0 Å². The fourth-order valence-corrected chi connectivity index (χ4v) is 1.81. The molecule has 0 saturated heterocycles. The summed E-state index contributed by atoms with van der Waals surface area (Å²) in [4.78, 5) is 23.0. The molecule has 0 N–H and O–H groups in total. The summed E-state index contributed by atoms with van der Waals surface area (Å²) < 4.78 is 10.1. The number of carbonyl (C=O) groups excluding carboxylic acids is 2. The van der Waals surface area contributed by atoms with Crippen LogP contribution in [-0.2, 0) is 16.0 Å². The van der Waals surface area contributed by atoms with Gasteiger partial charge in [-0.05, 0) is 30.7 Å². The van der Waals surface area contributed by atoms with Crippen molar-refractivity contribution in [2.24, 2.45) is 0 Å². The Balaban J connectivity index is 2.07. The molecule has 1 aliphatic rings. The highest BCUT2D eigenvalue weighted by Crippen LogP contribution is 2.26. The molecule has 90 valence electrons. The van der Waals surface area contributed by atoms with Gasteiger partial charge in [0.25, 0.3) is 0 Å². The lowest BCUT2D eigenvalue weighted by atomic mass is 10.0. The van der Waals surface area contributed by atoms with Crippen LogP contribution in [0.25, 0.3) is 0 Å². The van der Waals surface area contributed by atoms with E-state index in [1.807, 2.05) is 0 Å². The largest absolute Gasteiger partial charge is 0.493 e. The Morgan fingerprint density at radius 3 is 3.00 bits per heavy atom. The lowest BCUT2D eigenvalue weighted by molar-refractivity contribution is -0.141. The van der Waals surface area contributed by atoms with Crippen LogP contribution in [0.1, 0.15) is 29.3 Å². The minimum absolute atomic E-state index is 0.201. The number of carbonyl (C=O) groups is 2. The van der Waals surface area contributed by atoms with Crippen molar-refractivity contribution >= 4 is 11.8 Å². The number of fused-ring (bicyclic) bond motifs is 1. The zero-order valence-electron chi connectivity index (χ0n) is 9.69. The van der Waals surface area contributed by atoms with Crippen molar-refractivity contribution in [2.75, 3.05) is 13.2 Å². The van der Waals surface area contributed by atoms with Gasteiger partial charge in [0.15, 0.2) is 5.78 Å². The van der Waals surface area contributed by atoms with Crippen LogP contribution in [0.15, 0.2) is 18.2 Å². The van der Waals surface area contributed by atoms with Crippen LogP contribution in [-0.4, -0.2) is 25.0 Å². The van der Waals surface area contributed by atoms with Crippen LogP contribution < -0.4 is 4.74 Å². The Kier molecular flexibility index (Phi) is 3.42. The molecule has 0 radical (unpaired) electrons. The van der Waals surface area contributed by atoms with Gasteiger partial charge in [0.2, 0.25) is 0 Å². The molecule has 0 spiro atoms. The molecule has 0 fully saturated rings. The van der Waals surface area contributed by atoms with Crippen LogP contribution in [0.2, 0.25) is 0 Å². The molecule has 0 atom stereocenters. The van der Waals surface area contributed by atoms with E-state index in [0.717, 1.165) is 17.7 Å². The average molecular weight is 234 g/mol. The third-order valence-electron chi connectivity index (χ3n) is 2.62. The predicted molar refractivity (Wildman–Crippen MR) is 61.2 cm³/mol. The molecule has 1 heterocycles. The van der Waals surface area contributed by atoms with Gasteiger partial charge in [-0.15, -0.1) is 0 Å². The van der Waals surface area contributed by atoms with Gasteiger partial charge in [0.1, 0.15) is 12.2 Å². The number of benzene rings is 1. The van der Waals surface area contributed by atoms with Crippen molar-refractivity contribution in [1.82, 2.24) is 0 Å². The maximum atomic E-state index is 11.8. The van der Waals surface area contributed by atoms with E-state index in [4.69, 9.17) is 9.47 Å². The number of ether oxygens (including phenoxy) is 2. The molecule has 4 heteroatoms. The zero-order chi connectivity index (χ0) is 12.3. The van der Waals surface area contributed by atoms with Gasteiger partial charge in [-0.1, -0.05) is 0 Å². The molecule has 1 aromatic carbocycles. The van der Waals surface area contributed by atoms with E-state index in [1.165, 1.54) is 0 Å². The predicted octanol–water partition coefficient (Wildman–Crippen LogP) is 1.76. The van der Waals surface area contributed by atoms with Crippen LogP contribution in [0.4, 0.5) is 0 Å². The summed E-state index contributed by atoms with van der Waals surface area (Å²) in [7, 11) is 0. The van der Waals surface area contributed by atoms with E-state index in [-0.39, 0.29) is 12.2 Å². The first kappa shape index (κ1) is 11.6. The second-order valence-electron chi connectivity index (χ2n) is 3.83. The normalized spacial score (nSPS) is 12.8. The van der Waals surface area contributed by atoms with Crippen LogP contribution in [0.3, 0.4) is 0 Å². The van der Waals surface area contributed by atoms with Gasteiger partial charge in [-0.3, -0.25) is 9.59 Å². The van der Waals surface area contributed by atoms with E-state index >= 15 is 0 Å². The molecule has 17 heavy (non-hydrogen) atoms. The van der Waals surface area contributed by atoms with E-state index in [1.54, 1.807) is 25.1 Å². The Morgan fingerprint density at radius 1 is 1.41 bits per heavy atom. The third kappa shape index (κ3) is 2.64. The average Bonchev–Trinajstić information content (AvgIpc) is 2.75. The Hall–Kier alpha value is -1.84. The summed E-state index contributed by atoms with van der Waals surface area (Å²) in [5.41, 5.74) is 1.57. The second-order valence-corrected chi connectivity index (χ2v) is 3.83. The number of hydrogen-bond donors (Lipinski definition) is 0. The van der Waals surface area contributed by atoms with Gasteiger partial charge < -0.3 is 9.47 Å². The quantitative estimate of drug-likeness (QED) is 0.452. The first-order chi connectivity index (χ1) is 8.20. The topological polar surface area (TPSA) is 52.6 Å². The monoisotopic (exact) mass is 234 g/mol. The summed E-state index contributed by atoms with van der Waals surface area (Å²) in [6, 6.07) is 5.26. The van der Waals surface area contributed by atoms with Crippen molar-refractivity contribution < 1.29 is 19.1 Å². The molecule has 0 aromatic heterocycles. The maximum Gasteiger partial charge on any atom is 0.313 e. The van der Waals surface area contributed by atoms with Crippen molar-refractivity contribution in [3.8, 4) is 5.75 Å². The van der Waals surface area contributed by atoms with Crippen LogP contribution in [0, 0.1) is 0 Å². The molecule has 1 aromatic rings. The molecule has 2 rings (SSSR count). The molecule has 0 bridgehead atoms. The highest BCUT2D eigenvalue weighted by atomic mass is 16.5. The van der Waals surface area contributed by atoms with Gasteiger partial charge in [-0.2, -0.15) is 0 Å². The molecular formula is C13H14O4. The summed E-state index contributed by atoms with van der Waals surface area (Å²) in [6.07, 6.45) is 0.614. The smallest absolute Gasteiger partial charge is 0.313 e. The third-order valence-corrected chi connectivity index (χ3v) is 2.62. The van der Waals surface area contributed by atoms with Crippen molar-refractivity contribution in [2.45, 2.75) is 19.8 Å². The SMILES string of the molecule is CCOC(=O)CC(=O)c1ccc2c(c1)CCO2. The first-order valence-corrected chi connectivity index (χ1v) is 5.65. The second kappa shape index (κ2) is 4.99. The molecule has 0 unspecified atom stereocenters. The molecule has 4 nitrogen and oxygen atoms in total. The fraction of sp³-hybridized carbons (Fsp3) is 0.385. The highest BCUT2D eigenvalue weighted by molar-refractivity contribution is 6.06. The minimum atomic E-state index is -0.478. The maximum absolute atomic E-state index is 11.8. The number of esters is 1. The Morgan fingerprint density at radius 2 is 2.24 bits per heavy atom. The van der Waals surface area contributed by atoms with Gasteiger partial charge >= 0.3 is 5.97 Å². The van der Waals surface area contributed by atoms with Crippen molar-refractivity contribution in [3.05, 3.63) is 29.3 Å². The van der Waals surface area contributed by atoms with Gasteiger partial charge in [-0.25, -0.2) is 0 Å². The lowest BCUT2D eigenvalue weighted by Gasteiger charge is -2.03. The fourth-order valence-electron chi connectivity index (χ4n) is 1.81. The molecule has 0 amide bonds. The van der Waals surface area contributed by atoms with Crippen molar-refractivity contribution in [1.29, 1.82) is 0 Å². The Bertz CT molecular complexity index is 451. The number of rotatable bonds is 4. The molecule has 0 saturated carbocycles. The molecule has 1 aliphatic heterocycles. The van der Waals surface area contributed by atoms with E-state index in [0.29, 0.717) is 18.8 Å². The number of Topliss-reactive ketones (excluding diaryl/α,β-unsaturated/α-hetero) is 1. The Labute approximate surface area is 99.5 Å². The standard InChI is InChI=1S/C13H14O4/c1-2-16-13(15)8-11(14)9-3-4-12-10(7-9)5-6-17-12/h3-4,7H,2,5-6,8H2,1H3. The van der Waals surface area contributed by atoms with E-state index < -0.39 is 5.97 Å². The summed E-state index contributed by atoms with van der Waals surface area (Å²) in [5, 5.41) is 0. The molecule has 0 aliphatic carbocycles. The number of hydrogen-bond acceptors (Lipinski definition) is 4. The van der Waals surface area contributed by atoms with Gasteiger partial charge in [0, 0.05) is 12.0 Å². The van der Waals surface area contributed by atoms with Crippen molar-refractivity contribution in [3.63, 3.8) is 0 Å². The van der Waals surface area contributed by atoms with Gasteiger partial charge in [0.05, 0.1) is 13.2 Å². The molecular weight excluding hydrogens is 220 g/mol. The summed E-state index contributed by atoms with van der Waals surface area (Å²) in [5.74, 6) is 0.144. The summed E-state index contributed by atoms with van der Waals surface area (Å²) in [6.45, 7) is 2.67. The zero-order valence-corrected chi connectivity index (χ0v) is 9.69. The van der Waals surface area contributed by atoms with Crippen LogP contribution in [0.5, 0.6) is 5.75 Å². The van der Waals surface area contributed by atoms with E-state index in [2.05, 4.69) is 0 Å². The first-order valence-electron chi connectivity index (χ1n) is 5.65. The van der Waals surface area contributed by atoms with E-state index in [9.17, 15) is 9.59 Å². The number of ketones is 1. The minimum Gasteiger partial charge on any atom is -0.493 e.